The van der Waals surface area contributed by atoms with Crippen molar-refractivity contribution in [2.75, 3.05) is 27.4 Å². The van der Waals surface area contributed by atoms with Crippen LogP contribution in [0, 0.1) is 0 Å². The zero-order chi connectivity index (χ0) is 20.2. The van der Waals surface area contributed by atoms with Gasteiger partial charge in [-0.2, -0.15) is 0 Å². The van der Waals surface area contributed by atoms with E-state index in [9.17, 15) is 4.79 Å². The molecule has 0 aliphatic carbocycles. The molecule has 2 aliphatic heterocycles. The highest BCUT2D eigenvalue weighted by atomic mass is 16.7. The van der Waals surface area contributed by atoms with Gasteiger partial charge in [0.1, 0.15) is 19.0 Å². The summed E-state index contributed by atoms with van der Waals surface area (Å²) in [5, 5.41) is 4.13. The molecule has 0 saturated heterocycles. The molecule has 4 rings (SSSR count). The first kappa shape index (κ1) is 18.9. The number of fused-ring (bicyclic) bond motifs is 1. The number of rotatable bonds is 6. The summed E-state index contributed by atoms with van der Waals surface area (Å²) < 4.78 is 21.6. The molecule has 0 bridgehead atoms. The topological polar surface area (TPSA) is 75.6 Å². The number of hydrogen-bond acceptors (Lipinski definition) is 7. The number of nitrogens with zero attached hydrogens (tertiary/aromatic N) is 1. The average Bonchev–Trinajstić information content (AvgIpc) is 3.25. The van der Waals surface area contributed by atoms with Crippen molar-refractivity contribution in [2.24, 2.45) is 5.16 Å². The van der Waals surface area contributed by atoms with E-state index in [1.807, 2.05) is 42.5 Å². The van der Waals surface area contributed by atoms with Crippen LogP contribution in [0.4, 0.5) is 0 Å². The molecular formula is C22H21NO6. The van der Waals surface area contributed by atoms with E-state index < -0.39 is 5.97 Å². The second kappa shape index (κ2) is 8.26. The molecule has 0 saturated carbocycles. The van der Waals surface area contributed by atoms with Gasteiger partial charge in [0.05, 0.1) is 25.5 Å². The van der Waals surface area contributed by atoms with E-state index in [0.717, 1.165) is 22.6 Å². The van der Waals surface area contributed by atoms with Crippen LogP contribution in [0.1, 0.15) is 17.5 Å². The van der Waals surface area contributed by atoms with Crippen LogP contribution >= 0.6 is 0 Å². The van der Waals surface area contributed by atoms with Crippen LogP contribution < -0.4 is 14.2 Å². The van der Waals surface area contributed by atoms with Crippen molar-refractivity contribution in [1.82, 2.24) is 0 Å². The fourth-order valence-corrected chi connectivity index (χ4v) is 3.20. The third-order valence-electron chi connectivity index (χ3n) is 4.74. The molecule has 150 valence electrons. The van der Waals surface area contributed by atoms with E-state index in [-0.39, 0.29) is 19.3 Å². The van der Waals surface area contributed by atoms with E-state index in [0.29, 0.717) is 23.5 Å². The average molecular weight is 395 g/mol. The third kappa shape index (κ3) is 4.03. The van der Waals surface area contributed by atoms with E-state index in [1.165, 1.54) is 0 Å². The Bertz CT molecular complexity index is 981. The number of ether oxygens (including phenoxy) is 4. The van der Waals surface area contributed by atoms with Gasteiger partial charge in [-0.3, -0.25) is 0 Å². The zero-order valence-electron chi connectivity index (χ0n) is 16.2. The van der Waals surface area contributed by atoms with Crippen molar-refractivity contribution in [2.45, 2.75) is 12.5 Å². The van der Waals surface area contributed by atoms with Crippen LogP contribution in [-0.4, -0.2) is 45.2 Å². The summed E-state index contributed by atoms with van der Waals surface area (Å²) in [5.74, 6) is 1.61. The van der Waals surface area contributed by atoms with Gasteiger partial charge in [0, 0.05) is 17.5 Å². The molecule has 7 nitrogen and oxygen atoms in total. The van der Waals surface area contributed by atoms with Gasteiger partial charge in [0.25, 0.3) is 0 Å². The van der Waals surface area contributed by atoms with Crippen LogP contribution in [0.15, 0.2) is 53.2 Å². The Labute approximate surface area is 168 Å². The molecule has 0 spiro atoms. The Balaban J connectivity index is 1.34. The van der Waals surface area contributed by atoms with E-state index in [4.69, 9.17) is 23.8 Å². The quantitative estimate of drug-likeness (QED) is 0.699. The van der Waals surface area contributed by atoms with Crippen LogP contribution in [-0.2, 0) is 14.4 Å². The Morgan fingerprint density at radius 1 is 1.14 bits per heavy atom. The van der Waals surface area contributed by atoms with E-state index in [2.05, 4.69) is 5.16 Å². The highest BCUT2D eigenvalue weighted by Gasteiger charge is 2.26. The summed E-state index contributed by atoms with van der Waals surface area (Å²) in [7, 11) is 3.17. The molecule has 0 N–H and O–H groups in total. The first-order chi connectivity index (χ1) is 14.2. The molecule has 29 heavy (non-hydrogen) atoms. The SMILES string of the molecule is COc1ccc(C2=NOC(COC(=O)C3=Cc4ccccc4OC3)C2)cc1OC. The highest BCUT2D eigenvalue weighted by molar-refractivity contribution is 6.01. The van der Waals surface area contributed by atoms with Crippen molar-refractivity contribution in [3.05, 3.63) is 59.2 Å². The molecule has 1 unspecified atom stereocenters. The minimum Gasteiger partial charge on any atom is -0.493 e. The molecule has 1 atom stereocenters. The number of carbonyl (C=O) groups excluding carboxylic acids is 1. The summed E-state index contributed by atoms with van der Waals surface area (Å²) in [5.41, 5.74) is 2.97. The Morgan fingerprint density at radius 2 is 1.97 bits per heavy atom. The van der Waals surface area contributed by atoms with Crippen LogP contribution in [0.5, 0.6) is 17.2 Å². The number of benzene rings is 2. The first-order valence-electron chi connectivity index (χ1n) is 9.22. The molecule has 2 aliphatic rings. The lowest BCUT2D eigenvalue weighted by molar-refractivity contribution is -0.143. The molecule has 0 fully saturated rings. The minimum atomic E-state index is -0.414. The van der Waals surface area contributed by atoms with E-state index >= 15 is 0 Å². The van der Waals surface area contributed by atoms with Crippen LogP contribution in [0.25, 0.3) is 6.08 Å². The lowest BCUT2D eigenvalue weighted by Gasteiger charge is -2.17. The third-order valence-corrected chi connectivity index (χ3v) is 4.74. The monoisotopic (exact) mass is 395 g/mol. The van der Waals surface area contributed by atoms with Crippen molar-refractivity contribution in [3.8, 4) is 17.2 Å². The molecular weight excluding hydrogens is 374 g/mol. The first-order valence-corrected chi connectivity index (χ1v) is 9.22. The molecule has 0 aromatic heterocycles. The summed E-state index contributed by atoms with van der Waals surface area (Å²) >= 11 is 0. The smallest absolute Gasteiger partial charge is 0.337 e. The molecule has 2 aromatic carbocycles. The standard InChI is InChI=1S/C22H21NO6/c1-25-20-8-7-14(10-21(20)26-2)18-11-17(29-23-18)13-28-22(24)16-9-15-5-3-4-6-19(15)27-12-16/h3-10,17H,11-13H2,1-2H3. The minimum absolute atomic E-state index is 0.109. The van der Waals surface area contributed by atoms with Crippen molar-refractivity contribution >= 4 is 17.8 Å². The second-order valence-corrected chi connectivity index (χ2v) is 6.63. The van der Waals surface area contributed by atoms with Crippen molar-refractivity contribution in [3.63, 3.8) is 0 Å². The van der Waals surface area contributed by atoms with Crippen LogP contribution in [0.2, 0.25) is 0 Å². The lowest BCUT2D eigenvalue weighted by Crippen LogP contribution is -2.23. The molecule has 0 amide bonds. The maximum atomic E-state index is 12.4. The Hall–Kier alpha value is -3.48. The number of esters is 1. The van der Waals surface area contributed by atoms with Gasteiger partial charge in [-0.15, -0.1) is 0 Å². The van der Waals surface area contributed by atoms with Crippen molar-refractivity contribution < 1.29 is 28.6 Å². The van der Waals surface area contributed by atoms with Gasteiger partial charge >= 0.3 is 5.97 Å². The van der Waals surface area contributed by atoms with Crippen molar-refractivity contribution in [1.29, 1.82) is 0 Å². The molecule has 2 heterocycles. The summed E-state index contributed by atoms with van der Waals surface area (Å²) in [6, 6.07) is 13.1. The number of oxime groups is 1. The van der Waals surface area contributed by atoms with Gasteiger partial charge < -0.3 is 23.8 Å². The maximum absolute atomic E-state index is 12.4. The Morgan fingerprint density at radius 3 is 2.79 bits per heavy atom. The van der Waals surface area contributed by atoms with Gasteiger partial charge in [-0.05, 0) is 30.3 Å². The van der Waals surface area contributed by atoms with Gasteiger partial charge in [-0.25, -0.2) is 4.79 Å². The van der Waals surface area contributed by atoms with Gasteiger partial charge in [0.2, 0.25) is 0 Å². The number of methoxy groups -OCH3 is 2. The Kier molecular flexibility index (Phi) is 5.37. The molecule has 0 radical (unpaired) electrons. The zero-order valence-corrected chi connectivity index (χ0v) is 16.2. The summed E-state index contributed by atoms with van der Waals surface area (Å²) in [6.45, 7) is 0.298. The maximum Gasteiger partial charge on any atom is 0.337 e. The predicted molar refractivity (Wildman–Crippen MR) is 106 cm³/mol. The predicted octanol–water partition coefficient (Wildman–Crippen LogP) is 3.22. The molecule has 7 heteroatoms. The molecule has 2 aromatic rings. The lowest BCUT2D eigenvalue weighted by atomic mass is 10.0. The summed E-state index contributed by atoms with van der Waals surface area (Å²) in [4.78, 5) is 17.8. The fourth-order valence-electron chi connectivity index (χ4n) is 3.20. The second-order valence-electron chi connectivity index (χ2n) is 6.63. The van der Waals surface area contributed by atoms with Gasteiger partial charge in [-0.1, -0.05) is 23.4 Å². The number of para-hydroxylation sites is 1. The fraction of sp³-hybridized carbons (Fsp3) is 0.273. The number of carbonyl (C=O) groups is 1. The summed E-state index contributed by atoms with van der Waals surface area (Å²) in [6.07, 6.45) is 1.99. The largest absolute Gasteiger partial charge is 0.493 e. The normalized spacial score (nSPS) is 17.2. The van der Waals surface area contributed by atoms with Crippen LogP contribution in [0.3, 0.4) is 0 Å². The number of hydrogen-bond donors (Lipinski definition) is 0. The van der Waals surface area contributed by atoms with Gasteiger partial charge in [0.15, 0.2) is 17.6 Å². The van der Waals surface area contributed by atoms with E-state index in [1.54, 1.807) is 20.3 Å². The highest BCUT2D eigenvalue weighted by Crippen LogP contribution is 2.30.